The first kappa shape index (κ1) is 37.3. The summed E-state index contributed by atoms with van der Waals surface area (Å²) in [5.41, 5.74) is 0.349. The average Bonchev–Trinajstić information content (AvgIpc) is 2.90. The maximum atomic E-state index is 13.2. The van der Waals surface area contributed by atoms with E-state index < -0.39 is 42.0 Å². The molecule has 3 atom stereocenters. The van der Waals surface area contributed by atoms with Gasteiger partial charge in [-0.2, -0.15) is 0 Å². The average molecular weight is 629 g/mol. The topological polar surface area (TPSA) is 146 Å². The van der Waals surface area contributed by atoms with Crippen molar-refractivity contribution in [2.45, 2.75) is 79.2 Å². The van der Waals surface area contributed by atoms with Crippen molar-refractivity contribution in [3.05, 3.63) is 29.8 Å². The van der Waals surface area contributed by atoms with Crippen molar-refractivity contribution in [3.63, 3.8) is 0 Å². The number of methoxy groups -OCH3 is 2. The van der Waals surface area contributed by atoms with E-state index in [0.29, 0.717) is 17.7 Å². The zero-order valence-electron chi connectivity index (χ0n) is 25.6. The number of nitrogens with one attached hydrogen (secondary N) is 2. The van der Waals surface area contributed by atoms with Gasteiger partial charge in [0, 0.05) is 30.4 Å². The second kappa shape index (κ2) is 18.7. The predicted molar refractivity (Wildman–Crippen MR) is 163 cm³/mol. The smallest absolute Gasteiger partial charge is 0.329 e. The van der Waals surface area contributed by atoms with E-state index in [1.807, 2.05) is 34.6 Å². The molecule has 0 radical (unpaired) electrons. The van der Waals surface area contributed by atoms with Gasteiger partial charge in [0.25, 0.3) is 0 Å². The Hall–Kier alpha value is -2.77. The minimum Gasteiger partial charge on any atom is -0.467 e. The van der Waals surface area contributed by atoms with Gasteiger partial charge in [0.1, 0.15) is 23.9 Å². The first-order valence-corrected chi connectivity index (χ1v) is 16.0. The van der Waals surface area contributed by atoms with Crippen LogP contribution in [0.5, 0.6) is 5.75 Å². The molecule has 0 saturated heterocycles. The zero-order valence-corrected chi connectivity index (χ0v) is 27.3. The number of rotatable bonds is 17. The Kier molecular flexibility index (Phi) is 16.6. The monoisotopic (exact) mass is 628 g/mol. The molecule has 236 valence electrons. The fourth-order valence-corrected chi connectivity index (χ4v) is 5.89. The van der Waals surface area contributed by atoms with Gasteiger partial charge in [0.05, 0.1) is 20.8 Å². The van der Waals surface area contributed by atoms with Gasteiger partial charge in [0.15, 0.2) is 0 Å². The maximum Gasteiger partial charge on any atom is 0.329 e. The number of carbonyl (C=O) groups excluding carboxylic acids is 5. The minimum atomic E-state index is -0.987. The Balaban J connectivity index is 2.84. The molecule has 1 aromatic carbocycles. The lowest BCUT2D eigenvalue weighted by Gasteiger charge is -2.23. The molecule has 0 unspecified atom stereocenters. The number of para-hydroxylation sites is 1. The van der Waals surface area contributed by atoms with Crippen LogP contribution in [0.1, 0.15) is 59.9 Å². The highest BCUT2D eigenvalue weighted by molar-refractivity contribution is 8.76. The molecule has 0 aliphatic heterocycles. The van der Waals surface area contributed by atoms with Crippen LogP contribution in [0.25, 0.3) is 0 Å². The van der Waals surface area contributed by atoms with Gasteiger partial charge < -0.3 is 29.6 Å². The molecule has 0 aliphatic rings. The van der Waals surface area contributed by atoms with E-state index in [9.17, 15) is 24.0 Å². The molecule has 42 heavy (non-hydrogen) atoms. The van der Waals surface area contributed by atoms with Crippen LogP contribution in [0, 0.1) is 11.3 Å². The fraction of sp³-hybridized carbons (Fsp3) is 0.621. The summed E-state index contributed by atoms with van der Waals surface area (Å²) >= 11 is 0. The molecule has 11 nitrogen and oxygen atoms in total. The second-order valence-corrected chi connectivity index (χ2v) is 13.7. The fourth-order valence-electron chi connectivity index (χ4n) is 3.59. The van der Waals surface area contributed by atoms with Crippen LogP contribution < -0.4 is 15.4 Å². The standard InChI is InChI=1S/C29H44N2O9S2/c1-18(2)13-24(39-15-20-11-9-10-12-23(20)40-19(3)32)26(34)31-22(28(36)38-8)17-42-41-16-21(27(35)37-7)30-25(33)14-29(4,5)6/h9-12,18,21-22,24H,13-17H2,1-8H3,(H,30,33)(H,31,34)/t21-,22-,24-/m0/s1. The normalized spacial score (nSPS) is 13.5. The first-order chi connectivity index (χ1) is 19.7. The van der Waals surface area contributed by atoms with E-state index in [1.165, 1.54) is 42.7 Å². The predicted octanol–water partition coefficient (Wildman–Crippen LogP) is 3.68. The van der Waals surface area contributed by atoms with Crippen LogP contribution in [-0.4, -0.2) is 73.6 Å². The third-order valence-electron chi connectivity index (χ3n) is 5.51. The van der Waals surface area contributed by atoms with Gasteiger partial charge in [-0.15, -0.1) is 0 Å². The minimum absolute atomic E-state index is 0.0115. The van der Waals surface area contributed by atoms with Gasteiger partial charge in [-0.1, -0.05) is 74.4 Å². The van der Waals surface area contributed by atoms with E-state index in [-0.39, 0.29) is 41.8 Å². The first-order valence-electron chi connectivity index (χ1n) is 13.5. The molecule has 0 saturated carbocycles. The molecule has 0 heterocycles. The lowest BCUT2D eigenvalue weighted by molar-refractivity contribution is -0.146. The molecular weight excluding hydrogens is 584 g/mol. The summed E-state index contributed by atoms with van der Waals surface area (Å²) in [4.78, 5) is 61.8. The van der Waals surface area contributed by atoms with E-state index in [2.05, 4.69) is 10.6 Å². The van der Waals surface area contributed by atoms with Crippen LogP contribution >= 0.6 is 21.6 Å². The van der Waals surface area contributed by atoms with Crippen molar-refractivity contribution < 1.29 is 42.9 Å². The second-order valence-electron chi connectivity index (χ2n) is 11.2. The van der Waals surface area contributed by atoms with Gasteiger partial charge in [-0.25, -0.2) is 9.59 Å². The Labute approximate surface area is 256 Å². The SMILES string of the molecule is COC(=O)[C@H](CSSC[C@H](NC(=O)[C@H](CC(C)C)OCc1ccccc1OC(C)=O)C(=O)OC)NC(=O)CC(C)(C)C. The van der Waals surface area contributed by atoms with Gasteiger partial charge in [-0.3, -0.25) is 14.4 Å². The lowest BCUT2D eigenvalue weighted by atomic mass is 9.92. The molecule has 0 aromatic heterocycles. The van der Waals surface area contributed by atoms with Crippen LogP contribution in [-0.2, 0) is 44.8 Å². The quantitative estimate of drug-likeness (QED) is 0.113. The number of amides is 2. The molecule has 13 heteroatoms. The highest BCUT2D eigenvalue weighted by atomic mass is 33.1. The lowest BCUT2D eigenvalue weighted by Crippen LogP contribution is -2.48. The van der Waals surface area contributed by atoms with Crippen molar-refractivity contribution >= 4 is 51.3 Å². The molecule has 1 aromatic rings. The summed E-state index contributed by atoms with van der Waals surface area (Å²) in [7, 11) is 4.96. The van der Waals surface area contributed by atoms with Crippen LogP contribution in [0.15, 0.2) is 24.3 Å². The Morgan fingerprint density at radius 3 is 1.93 bits per heavy atom. The summed E-state index contributed by atoms with van der Waals surface area (Å²) in [6, 6.07) is 5.02. The summed E-state index contributed by atoms with van der Waals surface area (Å²) in [5.74, 6) is -1.67. The summed E-state index contributed by atoms with van der Waals surface area (Å²) in [6.07, 6.45) is -0.266. The largest absolute Gasteiger partial charge is 0.467 e. The van der Waals surface area contributed by atoms with Crippen LogP contribution in [0.4, 0.5) is 0 Å². The Morgan fingerprint density at radius 1 is 0.881 bits per heavy atom. The summed E-state index contributed by atoms with van der Waals surface area (Å²) in [6.45, 7) is 11.0. The van der Waals surface area contributed by atoms with Crippen molar-refractivity contribution in [1.82, 2.24) is 10.6 Å². The Morgan fingerprint density at radius 2 is 1.43 bits per heavy atom. The van der Waals surface area contributed by atoms with Gasteiger partial charge >= 0.3 is 17.9 Å². The molecular formula is C29H44N2O9S2. The number of esters is 3. The van der Waals surface area contributed by atoms with E-state index in [0.717, 1.165) is 0 Å². The molecule has 0 aliphatic carbocycles. The van der Waals surface area contributed by atoms with Gasteiger partial charge in [-0.05, 0) is 23.8 Å². The molecule has 0 bridgehead atoms. The van der Waals surface area contributed by atoms with E-state index in [4.69, 9.17) is 18.9 Å². The number of carbonyl (C=O) groups is 5. The molecule has 2 N–H and O–H groups in total. The maximum absolute atomic E-state index is 13.2. The highest BCUT2D eigenvalue weighted by Crippen LogP contribution is 2.25. The summed E-state index contributed by atoms with van der Waals surface area (Å²) in [5, 5.41) is 5.42. The third kappa shape index (κ3) is 14.9. The third-order valence-corrected chi connectivity index (χ3v) is 7.93. The highest BCUT2D eigenvalue weighted by Gasteiger charge is 2.29. The Bertz CT molecular complexity index is 1060. The van der Waals surface area contributed by atoms with Crippen molar-refractivity contribution in [1.29, 1.82) is 0 Å². The summed E-state index contributed by atoms with van der Waals surface area (Å²) < 4.78 is 20.9. The van der Waals surface area contributed by atoms with E-state index in [1.54, 1.807) is 24.3 Å². The van der Waals surface area contributed by atoms with Crippen molar-refractivity contribution in [2.24, 2.45) is 11.3 Å². The molecule has 1 rings (SSSR count). The van der Waals surface area contributed by atoms with Crippen LogP contribution in [0.2, 0.25) is 0 Å². The van der Waals surface area contributed by atoms with Crippen molar-refractivity contribution in [3.8, 4) is 5.75 Å². The number of hydrogen-bond donors (Lipinski definition) is 2. The number of hydrogen-bond acceptors (Lipinski definition) is 11. The zero-order chi connectivity index (χ0) is 31.9. The molecule has 0 fully saturated rings. The van der Waals surface area contributed by atoms with Crippen LogP contribution in [0.3, 0.4) is 0 Å². The number of ether oxygens (including phenoxy) is 4. The molecule has 2 amide bonds. The molecule has 0 spiro atoms. The van der Waals surface area contributed by atoms with E-state index >= 15 is 0 Å². The van der Waals surface area contributed by atoms with Gasteiger partial charge in [0.2, 0.25) is 11.8 Å². The number of benzene rings is 1. The van der Waals surface area contributed by atoms with Crippen molar-refractivity contribution in [2.75, 3.05) is 25.7 Å².